The lowest BCUT2D eigenvalue weighted by Gasteiger charge is -2.26. The Bertz CT molecular complexity index is 1120. The second-order valence-electron chi connectivity index (χ2n) is 6.69. The molecule has 0 atom stereocenters. The van der Waals surface area contributed by atoms with Crippen molar-refractivity contribution in [1.29, 1.82) is 0 Å². The molecule has 0 aliphatic carbocycles. The van der Waals surface area contributed by atoms with Crippen LogP contribution in [-0.2, 0) is 23.0 Å². The van der Waals surface area contributed by atoms with Crippen molar-refractivity contribution in [3.63, 3.8) is 0 Å². The quantitative estimate of drug-likeness (QED) is 0.638. The molecule has 146 valence electrons. The fourth-order valence-electron chi connectivity index (χ4n) is 3.36. The number of fused-ring (bicyclic) bond motifs is 1. The van der Waals surface area contributed by atoms with Crippen LogP contribution in [-0.4, -0.2) is 31.5 Å². The minimum atomic E-state index is -3.72. The first-order chi connectivity index (χ1) is 13.4. The van der Waals surface area contributed by atoms with E-state index in [1.807, 2.05) is 25.1 Å². The molecule has 0 saturated heterocycles. The van der Waals surface area contributed by atoms with Crippen LogP contribution in [0.5, 0.6) is 5.75 Å². The van der Waals surface area contributed by atoms with Crippen LogP contribution < -0.4 is 4.74 Å². The molecular weight excluding hydrogens is 400 g/mol. The fraction of sp³-hybridized carbons (Fsp3) is 0.250. The van der Waals surface area contributed by atoms with E-state index in [1.54, 1.807) is 24.3 Å². The number of halogens is 1. The van der Waals surface area contributed by atoms with Gasteiger partial charge in [-0.2, -0.15) is 4.31 Å². The van der Waals surface area contributed by atoms with E-state index in [-0.39, 0.29) is 11.4 Å². The zero-order valence-corrected chi connectivity index (χ0v) is 17.0. The van der Waals surface area contributed by atoms with Gasteiger partial charge >= 0.3 is 0 Å². The van der Waals surface area contributed by atoms with Crippen LogP contribution in [0.3, 0.4) is 0 Å². The van der Waals surface area contributed by atoms with E-state index in [9.17, 15) is 8.42 Å². The van der Waals surface area contributed by atoms with E-state index in [2.05, 4.69) is 5.16 Å². The molecule has 0 spiro atoms. The zero-order chi connectivity index (χ0) is 19.9. The minimum absolute atomic E-state index is 0.159. The average molecular weight is 419 g/mol. The molecule has 28 heavy (non-hydrogen) atoms. The molecule has 8 heteroatoms. The van der Waals surface area contributed by atoms with Gasteiger partial charge in [-0.25, -0.2) is 8.42 Å². The molecule has 2 aromatic carbocycles. The Balaban J connectivity index is 1.66. The Kier molecular flexibility index (Phi) is 4.91. The van der Waals surface area contributed by atoms with Gasteiger partial charge in [0.2, 0.25) is 10.0 Å². The van der Waals surface area contributed by atoms with Crippen molar-refractivity contribution in [3.8, 4) is 17.1 Å². The largest absolute Gasteiger partial charge is 0.495 e. The lowest BCUT2D eigenvalue weighted by atomic mass is 10.0. The van der Waals surface area contributed by atoms with Crippen LogP contribution in [0.4, 0.5) is 0 Å². The number of aryl methyl sites for hydroxylation is 1. The second kappa shape index (κ2) is 7.24. The van der Waals surface area contributed by atoms with E-state index in [0.29, 0.717) is 35.2 Å². The van der Waals surface area contributed by atoms with Gasteiger partial charge in [0.25, 0.3) is 0 Å². The van der Waals surface area contributed by atoms with Crippen molar-refractivity contribution in [3.05, 3.63) is 64.3 Å². The minimum Gasteiger partial charge on any atom is -0.495 e. The molecule has 0 fully saturated rings. The highest BCUT2D eigenvalue weighted by molar-refractivity contribution is 7.89. The highest BCUT2D eigenvalue weighted by Crippen LogP contribution is 2.34. The van der Waals surface area contributed by atoms with Gasteiger partial charge in [-0.3, -0.25) is 0 Å². The number of nitrogens with zero attached hydrogens (tertiary/aromatic N) is 2. The van der Waals surface area contributed by atoms with Gasteiger partial charge in [0, 0.05) is 22.7 Å². The number of hydrogen-bond acceptors (Lipinski definition) is 5. The first kappa shape index (κ1) is 19.0. The molecule has 0 radical (unpaired) electrons. The number of methoxy groups -OCH3 is 1. The number of hydrogen-bond donors (Lipinski definition) is 0. The lowest BCUT2D eigenvalue weighted by molar-refractivity contribution is 0.364. The Morgan fingerprint density at radius 2 is 1.93 bits per heavy atom. The van der Waals surface area contributed by atoms with E-state index in [0.717, 1.165) is 16.7 Å². The standard InChI is InChI=1S/C20H19ClN2O4S/c1-13-3-8-18(26-2)19(11-13)28(24,25)23-10-9-16-17(12-23)22-27-20(16)14-4-6-15(21)7-5-14/h3-8,11H,9-10,12H2,1-2H3. The maximum absolute atomic E-state index is 13.2. The van der Waals surface area contributed by atoms with Gasteiger partial charge in [-0.1, -0.05) is 22.8 Å². The maximum atomic E-state index is 13.2. The maximum Gasteiger partial charge on any atom is 0.247 e. The highest BCUT2D eigenvalue weighted by Gasteiger charge is 2.34. The van der Waals surface area contributed by atoms with Crippen LogP contribution >= 0.6 is 11.6 Å². The predicted octanol–water partition coefficient (Wildman–Crippen LogP) is 4.06. The average Bonchev–Trinajstić information content (AvgIpc) is 3.12. The third-order valence-corrected chi connectivity index (χ3v) is 6.97. The summed E-state index contributed by atoms with van der Waals surface area (Å²) in [5.41, 5.74) is 3.29. The van der Waals surface area contributed by atoms with E-state index in [1.165, 1.54) is 11.4 Å². The molecule has 3 aromatic rings. The predicted molar refractivity (Wildman–Crippen MR) is 106 cm³/mol. The lowest BCUT2D eigenvalue weighted by Crippen LogP contribution is -2.36. The Morgan fingerprint density at radius 1 is 1.18 bits per heavy atom. The van der Waals surface area contributed by atoms with Crippen LogP contribution in [0, 0.1) is 6.92 Å². The monoisotopic (exact) mass is 418 g/mol. The van der Waals surface area contributed by atoms with Gasteiger partial charge < -0.3 is 9.26 Å². The molecule has 1 aliphatic heterocycles. The van der Waals surface area contributed by atoms with Crippen LogP contribution in [0.2, 0.25) is 5.02 Å². The summed E-state index contributed by atoms with van der Waals surface area (Å²) in [5, 5.41) is 4.77. The summed E-state index contributed by atoms with van der Waals surface area (Å²) in [4.78, 5) is 0.167. The number of sulfonamides is 1. The first-order valence-corrected chi connectivity index (χ1v) is 10.6. The third-order valence-electron chi connectivity index (χ3n) is 4.85. The summed E-state index contributed by atoms with van der Waals surface area (Å²) in [6.45, 7) is 2.35. The fourth-order valence-corrected chi connectivity index (χ4v) is 5.13. The summed E-state index contributed by atoms with van der Waals surface area (Å²) in [7, 11) is -2.26. The Labute approximate surface area is 168 Å². The topological polar surface area (TPSA) is 72.6 Å². The smallest absolute Gasteiger partial charge is 0.247 e. The molecule has 0 bridgehead atoms. The van der Waals surface area contributed by atoms with E-state index in [4.69, 9.17) is 20.9 Å². The molecule has 2 heterocycles. The molecule has 0 saturated carbocycles. The van der Waals surface area contributed by atoms with Crippen molar-refractivity contribution in [2.24, 2.45) is 0 Å². The summed E-state index contributed by atoms with van der Waals surface area (Å²) in [5.74, 6) is 0.996. The SMILES string of the molecule is COc1ccc(C)cc1S(=O)(=O)N1CCc2c(noc2-c2ccc(Cl)cc2)C1. The van der Waals surface area contributed by atoms with Crippen molar-refractivity contribution >= 4 is 21.6 Å². The van der Waals surface area contributed by atoms with Crippen molar-refractivity contribution < 1.29 is 17.7 Å². The number of rotatable bonds is 4. The second-order valence-corrected chi connectivity index (χ2v) is 9.03. The van der Waals surface area contributed by atoms with Crippen molar-refractivity contribution in [1.82, 2.24) is 9.46 Å². The number of ether oxygens (including phenoxy) is 1. The molecule has 0 unspecified atom stereocenters. The number of aromatic nitrogens is 1. The number of benzene rings is 2. The van der Waals surface area contributed by atoms with Gasteiger partial charge in [0.15, 0.2) is 5.76 Å². The Morgan fingerprint density at radius 3 is 2.64 bits per heavy atom. The van der Waals surface area contributed by atoms with Gasteiger partial charge in [0.05, 0.1) is 13.7 Å². The molecule has 1 aromatic heterocycles. The highest BCUT2D eigenvalue weighted by atomic mass is 35.5. The molecule has 4 rings (SSSR count). The van der Waals surface area contributed by atoms with Gasteiger partial charge in [-0.05, 0) is 55.3 Å². The molecule has 6 nitrogen and oxygen atoms in total. The van der Waals surface area contributed by atoms with Gasteiger partial charge in [0.1, 0.15) is 16.3 Å². The normalized spacial score (nSPS) is 14.7. The van der Waals surface area contributed by atoms with E-state index < -0.39 is 10.0 Å². The zero-order valence-electron chi connectivity index (χ0n) is 15.5. The third kappa shape index (κ3) is 3.30. The molecule has 0 N–H and O–H groups in total. The first-order valence-electron chi connectivity index (χ1n) is 8.78. The van der Waals surface area contributed by atoms with E-state index >= 15 is 0 Å². The Hall–Kier alpha value is -2.35. The summed E-state index contributed by atoms with van der Waals surface area (Å²) in [6, 6.07) is 12.4. The van der Waals surface area contributed by atoms with Crippen molar-refractivity contribution in [2.75, 3.05) is 13.7 Å². The molecular formula is C20H19ClN2O4S. The molecule has 0 amide bonds. The molecule has 1 aliphatic rings. The van der Waals surface area contributed by atoms with Crippen LogP contribution in [0.1, 0.15) is 16.8 Å². The van der Waals surface area contributed by atoms with Crippen molar-refractivity contribution in [2.45, 2.75) is 24.8 Å². The van der Waals surface area contributed by atoms with Gasteiger partial charge in [-0.15, -0.1) is 0 Å². The van der Waals surface area contributed by atoms with Crippen LogP contribution in [0.15, 0.2) is 51.9 Å². The summed E-state index contributed by atoms with van der Waals surface area (Å²) >= 11 is 5.95. The summed E-state index contributed by atoms with van der Waals surface area (Å²) < 4.78 is 38.7. The summed E-state index contributed by atoms with van der Waals surface area (Å²) in [6.07, 6.45) is 0.518. The van der Waals surface area contributed by atoms with Crippen LogP contribution in [0.25, 0.3) is 11.3 Å².